The monoisotopic (exact) mass is 338 g/mol. The predicted molar refractivity (Wildman–Crippen MR) is 75.2 cm³/mol. The zero-order valence-corrected chi connectivity index (χ0v) is 12.1. The second-order valence-electron chi connectivity index (χ2n) is 5.31. The fourth-order valence-corrected chi connectivity index (χ4v) is 3.14. The first-order valence-electron chi connectivity index (χ1n) is 6.18. The lowest BCUT2D eigenvalue weighted by Gasteiger charge is -2.21. The van der Waals surface area contributed by atoms with Gasteiger partial charge < -0.3 is 4.90 Å². The third-order valence-corrected chi connectivity index (χ3v) is 5.09. The van der Waals surface area contributed by atoms with E-state index in [-0.39, 0.29) is 16.7 Å². The summed E-state index contributed by atoms with van der Waals surface area (Å²) < 4.78 is 0. The van der Waals surface area contributed by atoms with Crippen LogP contribution in [0.25, 0.3) is 0 Å². The van der Waals surface area contributed by atoms with Crippen molar-refractivity contribution in [2.75, 3.05) is 16.8 Å². The molecule has 1 saturated carbocycles. The van der Waals surface area contributed by atoms with Crippen LogP contribution in [0.5, 0.6) is 0 Å². The van der Waals surface area contributed by atoms with Crippen molar-refractivity contribution in [2.24, 2.45) is 5.41 Å². The highest BCUT2D eigenvalue weighted by molar-refractivity contribution is 9.09. The smallest absolute Gasteiger partial charge is 0.299 e. The molecule has 1 aromatic carbocycles. The van der Waals surface area contributed by atoms with Crippen LogP contribution >= 0.6 is 15.9 Å². The van der Waals surface area contributed by atoms with E-state index < -0.39 is 16.6 Å². The summed E-state index contributed by atoms with van der Waals surface area (Å²) in [5.41, 5.74) is 0.486. The standard InChI is InChI=1S/C13H11BrN2O4/c14-6-13(3-4-13)7-15-10-2-1-8(16(19)20)5-9(10)11(17)12(15)18/h1-2,5H,3-4,6-7H2. The predicted octanol–water partition coefficient (Wildman–Crippen LogP) is 2.30. The Morgan fingerprint density at radius 3 is 2.60 bits per heavy atom. The van der Waals surface area contributed by atoms with Crippen molar-refractivity contribution in [2.45, 2.75) is 12.8 Å². The first-order valence-corrected chi connectivity index (χ1v) is 7.30. The molecule has 0 spiro atoms. The highest BCUT2D eigenvalue weighted by atomic mass is 79.9. The fourth-order valence-electron chi connectivity index (χ4n) is 2.41. The number of alkyl halides is 1. The number of rotatable bonds is 4. The van der Waals surface area contributed by atoms with E-state index in [1.165, 1.54) is 23.1 Å². The molecule has 0 atom stereocenters. The Kier molecular flexibility index (Phi) is 2.89. The largest absolute Gasteiger partial charge is 0.304 e. The van der Waals surface area contributed by atoms with Gasteiger partial charge in [0.1, 0.15) is 0 Å². The van der Waals surface area contributed by atoms with Gasteiger partial charge in [0.25, 0.3) is 17.4 Å². The molecule has 1 amide bonds. The molecule has 104 valence electrons. The molecule has 20 heavy (non-hydrogen) atoms. The molecule has 0 unspecified atom stereocenters. The quantitative estimate of drug-likeness (QED) is 0.365. The van der Waals surface area contributed by atoms with Crippen molar-refractivity contribution in [3.8, 4) is 0 Å². The summed E-state index contributed by atoms with van der Waals surface area (Å²) in [5.74, 6) is -1.25. The molecule has 1 aliphatic heterocycles. The molecule has 7 heteroatoms. The number of ketones is 1. The number of nitrogens with zero attached hydrogens (tertiary/aromatic N) is 2. The molecular weight excluding hydrogens is 328 g/mol. The minimum absolute atomic E-state index is 0.0410. The first kappa shape index (κ1) is 13.2. The minimum Gasteiger partial charge on any atom is -0.304 e. The van der Waals surface area contributed by atoms with Gasteiger partial charge in [-0.15, -0.1) is 0 Å². The number of benzene rings is 1. The van der Waals surface area contributed by atoms with Gasteiger partial charge in [0.05, 0.1) is 16.2 Å². The van der Waals surface area contributed by atoms with Crippen LogP contribution in [0.4, 0.5) is 11.4 Å². The van der Waals surface area contributed by atoms with Crippen LogP contribution in [0.1, 0.15) is 23.2 Å². The first-order chi connectivity index (χ1) is 9.47. The Labute approximate surface area is 123 Å². The van der Waals surface area contributed by atoms with Crippen LogP contribution < -0.4 is 4.90 Å². The van der Waals surface area contributed by atoms with E-state index in [2.05, 4.69) is 15.9 Å². The fraction of sp³-hybridized carbons (Fsp3) is 0.385. The maximum Gasteiger partial charge on any atom is 0.299 e. The Hall–Kier alpha value is -1.76. The SMILES string of the molecule is O=C1C(=O)N(CC2(CBr)CC2)c2ccc([N+](=O)[O-])cc21. The number of nitro benzene ring substituents is 1. The molecule has 2 aliphatic rings. The van der Waals surface area contributed by atoms with Gasteiger partial charge in [-0.25, -0.2) is 0 Å². The van der Waals surface area contributed by atoms with Gasteiger partial charge in [0, 0.05) is 24.0 Å². The maximum atomic E-state index is 12.1. The molecule has 1 fully saturated rings. The molecule has 0 bridgehead atoms. The van der Waals surface area contributed by atoms with E-state index in [0.29, 0.717) is 12.2 Å². The highest BCUT2D eigenvalue weighted by Crippen LogP contribution is 2.49. The number of fused-ring (bicyclic) bond motifs is 1. The van der Waals surface area contributed by atoms with Crippen molar-refractivity contribution >= 4 is 39.0 Å². The highest BCUT2D eigenvalue weighted by Gasteiger charge is 2.47. The van der Waals surface area contributed by atoms with E-state index >= 15 is 0 Å². The van der Waals surface area contributed by atoms with Crippen LogP contribution in [0.3, 0.4) is 0 Å². The Balaban J connectivity index is 1.98. The van der Waals surface area contributed by atoms with E-state index in [9.17, 15) is 19.7 Å². The van der Waals surface area contributed by atoms with Crippen molar-refractivity contribution < 1.29 is 14.5 Å². The number of Topliss-reactive ketones (excluding diaryl/α,β-unsaturated/α-hetero) is 1. The summed E-state index contributed by atoms with van der Waals surface area (Å²) >= 11 is 3.43. The summed E-state index contributed by atoms with van der Waals surface area (Å²) in [6.07, 6.45) is 2.02. The van der Waals surface area contributed by atoms with Gasteiger partial charge in [-0.1, -0.05) is 15.9 Å². The normalized spacial score (nSPS) is 19.1. The van der Waals surface area contributed by atoms with E-state index in [4.69, 9.17) is 0 Å². The maximum absolute atomic E-state index is 12.1. The lowest BCUT2D eigenvalue weighted by atomic mass is 10.1. The van der Waals surface area contributed by atoms with E-state index in [1.54, 1.807) is 0 Å². The van der Waals surface area contributed by atoms with Crippen molar-refractivity contribution in [3.05, 3.63) is 33.9 Å². The molecule has 0 N–H and O–H groups in total. The molecule has 1 aromatic rings. The lowest BCUT2D eigenvalue weighted by Crippen LogP contribution is -2.35. The zero-order valence-electron chi connectivity index (χ0n) is 10.5. The Morgan fingerprint density at radius 2 is 2.05 bits per heavy atom. The third-order valence-electron chi connectivity index (χ3n) is 3.90. The number of anilines is 1. The molecule has 0 saturated heterocycles. The topological polar surface area (TPSA) is 80.5 Å². The molecule has 3 rings (SSSR count). The van der Waals surface area contributed by atoms with Crippen LogP contribution in [0, 0.1) is 15.5 Å². The average Bonchev–Trinajstić information content (AvgIpc) is 3.18. The van der Waals surface area contributed by atoms with Gasteiger partial charge in [0.15, 0.2) is 0 Å². The molecule has 6 nitrogen and oxygen atoms in total. The molecule has 0 aromatic heterocycles. The molecular formula is C13H11BrN2O4. The van der Waals surface area contributed by atoms with Gasteiger partial charge in [-0.3, -0.25) is 19.7 Å². The van der Waals surface area contributed by atoms with Crippen LogP contribution in [-0.4, -0.2) is 28.5 Å². The van der Waals surface area contributed by atoms with Crippen molar-refractivity contribution in [1.82, 2.24) is 0 Å². The van der Waals surface area contributed by atoms with Gasteiger partial charge in [0.2, 0.25) is 0 Å². The lowest BCUT2D eigenvalue weighted by molar-refractivity contribution is -0.384. The summed E-state index contributed by atoms with van der Waals surface area (Å²) in [4.78, 5) is 35.6. The average molecular weight is 339 g/mol. The number of halogens is 1. The molecule has 1 heterocycles. The van der Waals surface area contributed by atoms with E-state index in [1.807, 2.05) is 0 Å². The molecule has 1 aliphatic carbocycles. The van der Waals surface area contributed by atoms with Crippen LogP contribution in [0.2, 0.25) is 0 Å². The van der Waals surface area contributed by atoms with Gasteiger partial charge >= 0.3 is 0 Å². The number of nitro groups is 1. The van der Waals surface area contributed by atoms with E-state index in [0.717, 1.165) is 18.2 Å². The molecule has 0 radical (unpaired) electrons. The minimum atomic E-state index is -0.658. The summed E-state index contributed by atoms with van der Waals surface area (Å²) in [5, 5.41) is 11.5. The second-order valence-corrected chi connectivity index (χ2v) is 5.87. The number of carbonyl (C=O) groups is 2. The number of hydrogen-bond donors (Lipinski definition) is 0. The Bertz CT molecular complexity index is 639. The third kappa shape index (κ3) is 1.93. The number of hydrogen-bond acceptors (Lipinski definition) is 4. The number of carbonyl (C=O) groups excluding carboxylic acids is 2. The van der Waals surface area contributed by atoms with Crippen molar-refractivity contribution in [3.63, 3.8) is 0 Å². The van der Waals surface area contributed by atoms with Gasteiger partial charge in [-0.05, 0) is 24.3 Å². The summed E-state index contributed by atoms with van der Waals surface area (Å²) in [6.45, 7) is 0.480. The van der Waals surface area contributed by atoms with Crippen LogP contribution in [0.15, 0.2) is 18.2 Å². The van der Waals surface area contributed by atoms with Crippen LogP contribution in [-0.2, 0) is 4.79 Å². The summed E-state index contributed by atoms with van der Waals surface area (Å²) in [7, 11) is 0. The number of amides is 1. The summed E-state index contributed by atoms with van der Waals surface area (Å²) in [6, 6.07) is 4.00. The Morgan fingerprint density at radius 1 is 1.35 bits per heavy atom. The van der Waals surface area contributed by atoms with Gasteiger partial charge in [-0.2, -0.15) is 0 Å². The number of non-ortho nitro benzene ring substituents is 1. The van der Waals surface area contributed by atoms with Crippen molar-refractivity contribution in [1.29, 1.82) is 0 Å². The zero-order chi connectivity index (χ0) is 14.5. The second kappa shape index (κ2) is 4.37.